The highest BCUT2D eigenvalue weighted by Crippen LogP contribution is 2.36. The first-order chi connectivity index (χ1) is 9.61. The number of nitrogens with zero attached hydrogens (tertiary/aromatic N) is 3. The molecule has 0 amide bonds. The molecule has 0 radical (unpaired) electrons. The highest BCUT2D eigenvalue weighted by atomic mass is 35.5. The maximum Gasteiger partial charge on any atom is 0.196 e. The number of anilines is 1. The van der Waals surface area contributed by atoms with E-state index in [1.54, 1.807) is 6.20 Å². The Balaban J connectivity index is 2.09. The number of aliphatic imine (C=N–C) groups is 1. The molecule has 1 aromatic carbocycles. The van der Waals surface area contributed by atoms with Gasteiger partial charge in [0.05, 0.1) is 12.2 Å². The maximum atomic E-state index is 6.09. The number of benzene rings is 1. The Morgan fingerprint density at radius 1 is 1.25 bits per heavy atom. The Kier molecular flexibility index (Phi) is 3.10. The summed E-state index contributed by atoms with van der Waals surface area (Å²) in [6.07, 6.45) is 1.78. The van der Waals surface area contributed by atoms with Gasteiger partial charge in [-0.3, -0.25) is 14.9 Å². The van der Waals surface area contributed by atoms with E-state index >= 15 is 0 Å². The standard InChI is InChI=1S/C15H15ClN4/c1-15(13-7-2-3-8-18-13)10-19-14(17)20(15)12-6-4-5-11(16)9-12/h2-9H,10H2,1H3,(H2,17,19). The molecule has 5 heteroatoms. The van der Waals surface area contributed by atoms with Crippen LogP contribution >= 0.6 is 11.6 Å². The van der Waals surface area contributed by atoms with Crippen LogP contribution in [-0.2, 0) is 5.54 Å². The van der Waals surface area contributed by atoms with Crippen LogP contribution in [0.15, 0.2) is 53.7 Å². The fourth-order valence-corrected chi connectivity index (χ4v) is 2.72. The summed E-state index contributed by atoms with van der Waals surface area (Å²) in [5.74, 6) is 0.486. The molecular formula is C15H15ClN4. The molecule has 2 heterocycles. The Morgan fingerprint density at radius 2 is 2.10 bits per heavy atom. The van der Waals surface area contributed by atoms with Gasteiger partial charge in [-0.05, 0) is 37.3 Å². The molecule has 1 unspecified atom stereocenters. The predicted octanol–water partition coefficient (Wildman–Crippen LogP) is 2.79. The van der Waals surface area contributed by atoms with E-state index in [1.165, 1.54) is 0 Å². The van der Waals surface area contributed by atoms with Gasteiger partial charge in [0.15, 0.2) is 5.96 Å². The summed E-state index contributed by atoms with van der Waals surface area (Å²) in [4.78, 5) is 10.8. The zero-order valence-electron chi connectivity index (χ0n) is 11.1. The number of hydrogen-bond donors (Lipinski definition) is 1. The second kappa shape index (κ2) is 4.80. The van der Waals surface area contributed by atoms with E-state index in [9.17, 15) is 0 Å². The van der Waals surface area contributed by atoms with Crippen molar-refractivity contribution >= 4 is 23.2 Å². The summed E-state index contributed by atoms with van der Waals surface area (Å²) in [7, 11) is 0. The molecule has 0 saturated carbocycles. The number of aromatic nitrogens is 1. The van der Waals surface area contributed by atoms with Gasteiger partial charge in [0, 0.05) is 16.9 Å². The molecule has 0 spiro atoms. The number of guanidine groups is 1. The molecule has 1 aromatic heterocycles. The van der Waals surface area contributed by atoms with Crippen LogP contribution in [0.4, 0.5) is 5.69 Å². The molecule has 4 nitrogen and oxygen atoms in total. The zero-order valence-corrected chi connectivity index (χ0v) is 11.9. The summed E-state index contributed by atoms with van der Waals surface area (Å²) >= 11 is 6.09. The summed E-state index contributed by atoms with van der Waals surface area (Å²) in [6.45, 7) is 2.65. The fourth-order valence-electron chi connectivity index (χ4n) is 2.54. The van der Waals surface area contributed by atoms with Gasteiger partial charge in [-0.25, -0.2) is 0 Å². The molecule has 0 aliphatic carbocycles. The third-order valence-corrected chi connectivity index (χ3v) is 3.79. The van der Waals surface area contributed by atoms with Crippen molar-refractivity contribution < 1.29 is 0 Å². The number of pyridine rings is 1. The smallest absolute Gasteiger partial charge is 0.196 e. The van der Waals surface area contributed by atoms with Crippen molar-refractivity contribution in [3.05, 3.63) is 59.4 Å². The first kappa shape index (κ1) is 12.9. The van der Waals surface area contributed by atoms with Gasteiger partial charge in [-0.2, -0.15) is 0 Å². The summed E-state index contributed by atoms with van der Waals surface area (Å²) < 4.78 is 0. The van der Waals surface area contributed by atoms with Crippen LogP contribution in [0, 0.1) is 0 Å². The average Bonchev–Trinajstić information content (AvgIpc) is 2.77. The van der Waals surface area contributed by atoms with Crippen LogP contribution in [0.1, 0.15) is 12.6 Å². The minimum absolute atomic E-state index is 0.393. The Hall–Kier alpha value is -2.07. The van der Waals surface area contributed by atoms with Crippen molar-refractivity contribution in [2.75, 3.05) is 11.4 Å². The summed E-state index contributed by atoms with van der Waals surface area (Å²) in [5.41, 5.74) is 7.54. The van der Waals surface area contributed by atoms with Crippen molar-refractivity contribution in [2.24, 2.45) is 10.7 Å². The summed E-state index contributed by atoms with van der Waals surface area (Å²) in [5, 5.41) is 0.672. The molecule has 3 rings (SSSR count). The lowest BCUT2D eigenvalue weighted by Crippen LogP contribution is -2.48. The van der Waals surface area contributed by atoms with Crippen LogP contribution in [0.25, 0.3) is 0 Å². The van der Waals surface area contributed by atoms with Gasteiger partial charge in [-0.15, -0.1) is 0 Å². The minimum atomic E-state index is -0.393. The highest BCUT2D eigenvalue weighted by Gasteiger charge is 2.41. The molecule has 0 saturated heterocycles. The lowest BCUT2D eigenvalue weighted by atomic mass is 9.95. The molecule has 1 atom stereocenters. The molecule has 2 N–H and O–H groups in total. The normalized spacial score (nSPS) is 21.9. The molecule has 2 aromatic rings. The molecule has 20 heavy (non-hydrogen) atoms. The molecule has 0 fully saturated rings. The first-order valence-electron chi connectivity index (χ1n) is 6.38. The van der Waals surface area contributed by atoms with Crippen molar-refractivity contribution in [3.8, 4) is 0 Å². The van der Waals surface area contributed by atoms with Crippen LogP contribution in [0.5, 0.6) is 0 Å². The quantitative estimate of drug-likeness (QED) is 0.923. The first-order valence-corrected chi connectivity index (χ1v) is 6.76. The van der Waals surface area contributed by atoms with E-state index in [0.717, 1.165) is 11.4 Å². The van der Waals surface area contributed by atoms with E-state index in [-0.39, 0.29) is 0 Å². The van der Waals surface area contributed by atoms with Gasteiger partial charge in [0.25, 0.3) is 0 Å². The van der Waals surface area contributed by atoms with Gasteiger partial charge in [-0.1, -0.05) is 23.7 Å². The van der Waals surface area contributed by atoms with Crippen LogP contribution in [0.2, 0.25) is 5.02 Å². The van der Waals surface area contributed by atoms with E-state index in [4.69, 9.17) is 17.3 Å². The van der Waals surface area contributed by atoms with Crippen molar-refractivity contribution in [3.63, 3.8) is 0 Å². The van der Waals surface area contributed by atoms with Crippen molar-refractivity contribution in [1.29, 1.82) is 0 Å². The third-order valence-electron chi connectivity index (χ3n) is 3.55. The largest absolute Gasteiger partial charge is 0.369 e. The Morgan fingerprint density at radius 3 is 2.80 bits per heavy atom. The average molecular weight is 287 g/mol. The lowest BCUT2D eigenvalue weighted by Gasteiger charge is -2.35. The van der Waals surface area contributed by atoms with Gasteiger partial charge in [0.1, 0.15) is 5.54 Å². The zero-order chi connectivity index (χ0) is 14.2. The number of hydrogen-bond acceptors (Lipinski definition) is 4. The Bertz CT molecular complexity index is 656. The molecular weight excluding hydrogens is 272 g/mol. The Labute approximate surface area is 122 Å². The SMILES string of the molecule is CC1(c2ccccn2)CN=C(N)N1c1cccc(Cl)c1. The lowest BCUT2D eigenvalue weighted by molar-refractivity contribution is 0.516. The van der Waals surface area contributed by atoms with Gasteiger partial charge >= 0.3 is 0 Å². The molecule has 102 valence electrons. The van der Waals surface area contributed by atoms with Crippen LogP contribution < -0.4 is 10.6 Å². The summed E-state index contributed by atoms with van der Waals surface area (Å²) in [6, 6.07) is 13.5. The molecule has 1 aliphatic heterocycles. The second-order valence-corrected chi connectivity index (χ2v) is 5.41. The van der Waals surface area contributed by atoms with Crippen LogP contribution in [0.3, 0.4) is 0 Å². The minimum Gasteiger partial charge on any atom is -0.369 e. The third kappa shape index (κ3) is 2.02. The van der Waals surface area contributed by atoms with Gasteiger partial charge in [0.2, 0.25) is 0 Å². The van der Waals surface area contributed by atoms with E-state index in [2.05, 4.69) is 16.9 Å². The van der Waals surface area contributed by atoms with Crippen molar-refractivity contribution in [2.45, 2.75) is 12.5 Å². The van der Waals surface area contributed by atoms with E-state index in [0.29, 0.717) is 17.5 Å². The van der Waals surface area contributed by atoms with Crippen LogP contribution in [-0.4, -0.2) is 17.5 Å². The monoisotopic (exact) mass is 286 g/mol. The number of halogens is 1. The number of rotatable bonds is 2. The number of nitrogens with two attached hydrogens (primary N) is 1. The van der Waals surface area contributed by atoms with Crippen molar-refractivity contribution in [1.82, 2.24) is 4.98 Å². The fraction of sp³-hybridized carbons (Fsp3) is 0.200. The van der Waals surface area contributed by atoms with E-state index in [1.807, 2.05) is 47.4 Å². The highest BCUT2D eigenvalue weighted by molar-refractivity contribution is 6.31. The van der Waals surface area contributed by atoms with Gasteiger partial charge < -0.3 is 5.73 Å². The predicted molar refractivity (Wildman–Crippen MR) is 82.0 cm³/mol. The maximum absolute atomic E-state index is 6.09. The van der Waals surface area contributed by atoms with E-state index < -0.39 is 5.54 Å². The molecule has 0 bridgehead atoms. The second-order valence-electron chi connectivity index (χ2n) is 4.98. The molecule has 1 aliphatic rings. The topological polar surface area (TPSA) is 54.5 Å².